The van der Waals surface area contributed by atoms with Gasteiger partial charge in [0.1, 0.15) is 6.33 Å². The topological polar surface area (TPSA) is 51.0 Å². The van der Waals surface area contributed by atoms with E-state index in [4.69, 9.17) is 11.6 Å². The standard InChI is InChI=1S/C19H25ClN4OS/c1-14(2)24(16-8-4-3-5-9-16)18(25)12-26-19-22-21-13-23(19)17-10-6-7-15(20)11-17/h6-7,10-11,13-14,16H,3-5,8-9,12H2,1-2H3. The third kappa shape index (κ3) is 4.60. The predicted molar refractivity (Wildman–Crippen MR) is 106 cm³/mol. The van der Waals surface area contributed by atoms with Gasteiger partial charge in [-0.2, -0.15) is 0 Å². The molecule has 5 nitrogen and oxygen atoms in total. The Hall–Kier alpha value is -1.53. The lowest BCUT2D eigenvalue weighted by molar-refractivity contribution is -0.133. The number of rotatable bonds is 6. The molecule has 0 atom stereocenters. The molecule has 1 aromatic heterocycles. The summed E-state index contributed by atoms with van der Waals surface area (Å²) >= 11 is 7.51. The monoisotopic (exact) mass is 392 g/mol. The van der Waals surface area contributed by atoms with Crippen molar-refractivity contribution >= 4 is 29.3 Å². The number of hydrogen-bond acceptors (Lipinski definition) is 4. The highest BCUT2D eigenvalue weighted by Crippen LogP contribution is 2.27. The number of amides is 1. The van der Waals surface area contributed by atoms with Gasteiger partial charge in [0, 0.05) is 17.1 Å². The van der Waals surface area contributed by atoms with E-state index in [0.717, 1.165) is 18.5 Å². The molecule has 26 heavy (non-hydrogen) atoms. The van der Waals surface area contributed by atoms with Crippen LogP contribution in [-0.4, -0.2) is 43.4 Å². The molecule has 7 heteroatoms. The normalized spacial score (nSPS) is 15.4. The van der Waals surface area contributed by atoms with Crippen LogP contribution in [0.4, 0.5) is 0 Å². The number of carbonyl (C=O) groups is 1. The maximum absolute atomic E-state index is 12.9. The van der Waals surface area contributed by atoms with Crippen molar-refractivity contribution in [3.8, 4) is 5.69 Å². The minimum Gasteiger partial charge on any atom is -0.337 e. The second-order valence-electron chi connectivity index (χ2n) is 6.94. The highest BCUT2D eigenvalue weighted by atomic mass is 35.5. The summed E-state index contributed by atoms with van der Waals surface area (Å²) in [5.74, 6) is 0.547. The molecular weight excluding hydrogens is 368 g/mol. The summed E-state index contributed by atoms with van der Waals surface area (Å²) in [6.07, 6.45) is 7.61. The van der Waals surface area contributed by atoms with Gasteiger partial charge in [-0.05, 0) is 44.9 Å². The number of nitrogens with zero attached hydrogens (tertiary/aromatic N) is 4. The molecule has 1 amide bonds. The minimum atomic E-state index is 0.178. The SMILES string of the molecule is CC(C)N(C(=O)CSc1nncn1-c1cccc(Cl)c1)C1CCCCC1. The molecular formula is C19H25ClN4OS. The molecule has 1 fully saturated rings. The van der Waals surface area contributed by atoms with Gasteiger partial charge in [-0.15, -0.1) is 10.2 Å². The Labute approximate surface area is 164 Å². The van der Waals surface area contributed by atoms with Gasteiger partial charge < -0.3 is 4.90 Å². The maximum Gasteiger partial charge on any atom is 0.233 e. The van der Waals surface area contributed by atoms with Gasteiger partial charge >= 0.3 is 0 Å². The van der Waals surface area contributed by atoms with Crippen LogP contribution >= 0.6 is 23.4 Å². The molecule has 1 aromatic carbocycles. The number of benzene rings is 1. The van der Waals surface area contributed by atoms with Crippen LogP contribution in [0.5, 0.6) is 0 Å². The predicted octanol–water partition coefficient (Wildman–Crippen LogP) is 4.58. The second kappa shape index (κ2) is 8.91. The van der Waals surface area contributed by atoms with Crippen LogP contribution in [0.3, 0.4) is 0 Å². The largest absolute Gasteiger partial charge is 0.337 e. The maximum atomic E-state index is 12.9. The molecule has 0 saturated heterocycles. The Balaban J connectivity index is 1.68. The molecule has 0 bridgehead atoms. The Morgan fingerprint density at radius 3 is 2.81 bits per heavy atom. The van der Waals surface area contributed by atoms with Crippen molar-refractivity contribution < 1.29 is 4.79 Å². The van der Waals surface area contributed by atoms with Gasteiger partial charge in [-0.1, -0.05) is 48.7 Å². The average Bonchev–Trinajstić information content (AvgIpc) is 3.09. The first-order valence-corrected chi connectivity index (χ1v) is 10.5. The van der Waals surface area contributed by atoms with Crippen molar-refractivity contribution in [1.29, 1.82) is 0 Å². The Kier molecular flexibility index (Phi) is 6.59. The van der Waals surface area contributed by atoms with Crippen molar-refractivity contribution in [3.63, 3.8) is 0 Å². The molecule has 140 valence electrons. The minimum absolute atomic E-state index is 0.178. The van der Waals surface area contributed by atoms with Gasteiger partial charge in [0.15, 0.2) is 5.16 Å². The van der Waals surface area contributed by atoms with Gasteiger partial charge in [0.2, 0.25) is 5.91 Å². The van der Waals surface area contributed by atoms with E-state index in [1.165, 1.54) is 31.0 Å². The molecule has 1 aliphatic carbocycles. The van der Waals surface area contributed by atoms with E-state index in [1.807, 2.05) is 28.8 Å². The second-order valence-corrected chi connectivity index (χ2v) is 8.32. The molecule has 0 aliphatic heterocycles. The zero-order chi connectivity index (χ0) is 18.5. The Morgan fingerprint density at radius 1 is 1.35 bits per heavy atom. The van der Waals surface area contributed by atoms with Crippen LogP contribution in [0.1, 0.15) is 46.0 Å². The summed E-state index contributed by atoms with van der Waals surface area (Å²) in [6, 6.07) is 8.12. The fourth-order valence-electron chi connectivity index (χ4n) is 3.60. The van der Waals surface area contributed by atoms with E-state index in [2.05, 4.69) is 28.9 Å². The van der Waals surface area contributed by atoms with E-state index in [9.17, 15) is 4.79 Å². The third-order valence-corrected chi connectivity index (χ3v) is 5.90. The van der Waals surface area contributed by atoms with Crippen molar-refractivity contribution in [3.05, 3.63) is 35.6 Å². The highest BCUT2D eigenvalue weighted by molar-refractivity contribution is 7.99. The van der Waals surface area contributed by atoms with E-state index < -0.39 is 0 Å². The fourth-order valence-corrected chi connectivity index (χ4v) is 4.58. The summed E-state index contributed by atoms with van der Waals surface area (Å²) in [5, 5.41) is 9.53. The molecule has 0 N–H and O–H groups in total. The smallest absolute Gasteiger partial charge is 0.233 e. The van der Waals surface area contributed by atoms with Gasteiger partial charge in [0.25, 0.3) is 0 Å². The van der Waals surface area contributed by atoms with Crippen molar-refractivity contribution in [1.82, 2.24) is 19.7 Å². The summed E-state index contributed by atoms with van der Waals surface area (Å²) in [6.45, 7) is 4.21. The first-order chi connectivity index (χ1) is 12.6. The zero-order valence-electron chi connectivity index (χ0n) is 15.3. The molecule has 1 saturated carbocycles. The molecule has 1 heterocycles. The molecule has 0 spiro atoms. The number of hydrogen-bond donors (Lipinski definition) is 0. The van der Waals surface area contributed by atoms with Crippen molar-refractivity contribution in [2.75, 3.05) is 5.75 Å². The van der Waals surface area contributed by atoms with E-state index in [1.54, 1.807) is 6.33 Å². The quantitative estimate of drug-likeness (QED) is 0.675. The van der Waals surface area contributed by atoms with Crippen LogP contribution in [0.25, 0.3) is 5.69 Å². The Morgan fingerprint density at radius 2 is 2.12 bits per heavy atom. The molecule has 3 rings (SSSR count). The fraction of sp³-hybridized carbons (Fsp3) is 0.526. The Bertz CT molecular complexity index is 743. The summed E-state index contributed by atoms with van der Waals surface area (Å²) in [7, 11) is 0. The first-order valence-electron chi connectivity index (χ1n) is 9.16. The van der Waals surface area contributed by atoms with Gasteiger partial charge in [-0.25, -0.2) is 0 Å². The lowest BCUT2D eigenvalue weighted by atomic mass is 9.93. The van der Waals surface area contributed by atoms with Crippen LogP contribution in [-0.2, 0) is 4.79 Å². The van der Waals surface area contributed by atoms with Crippen LogP contribution < -0.4 is 0 Å². The van der Waals surface area contributed by atoms with Crippen LogP contribution in [0.15, 0.2) is 35.7 Å². The van der Waals surface area contributed by atoms with E-state index >= 15 is 0 Å². The zero-order valence-corrected chi connectivity index (χ0v) is 16.8. The average molecular weight is 393 g/mol. The lowest BCUT2D eigenvalue weighted by Crippen LogP contribution is -2.46. The molecule has 0 radical (unpaired) electrons. The summed E-state index contributed by atoms with van der Waals surface area (Å²) < 4.78 is 1.87. The van der Waals surface area contributed by atoms with Gasteiger partial charge in [-0.3, -0.25) is 9.36 Å². The molecule has 2 aromatic rings. The van der Waals surface area contributed by atoms with E-state index in [0.29, 0.717) is 22.0 Å². The molecule has 1 aliphatic rings. The highest BCUT2D eigenvalue weighted by Gasteiger charge is 2.27. The lowest BCUT2D eigenvalue weighted by Gasteiger charge is -2.37. The van der Waals surface area contributed by atoms with E-state index in [-0.39, 0.29) is 11.9 Å². The van der Waals surface area contributed by atoms with Crippen molar-refractivity contribution in [2.24, 2.45) is 0 Å². The summed E-state index contributed by atoms with van der Waals surface area (Å²) in [5.41, 5.74) is 0.894. The molecule has 0 unspecified atom stereocenters. The first kappa shape index (κ1) is 19.2. The van der Waals surface area contributed by atoms with Crippen LogP contribution in [0.2, 0.25) is 5.02 Å². The van der Waals surface area contributed by atoms with Gasteiger partial charge in [0.05, 0.1) is 11.4 Å². The number of thioether (sulfide) groups is 1. The number of halogens is 1. The number of carbonyl (C=O) groups excluding carboxylic acids is 1. The van der Waals surface area contributed by atoms with Crippen molar-refractivity contribution in [2.45, 2.75) is 63.2 Å². The summed E-state index contributed by atoms with van der Waals surface area (Å²) in [4.78, 5) is 15.0. The van der Waals surface area contributed by atoms with Crippen LogP contribution in [0, 0.1) is 0 Å². The number of aromatic nitrogens is 3. The third-order valence-electron chi connectivity index (χ3n) is 4.74.